The highest BCUT2D eigenvalue weighted by atomic mass is 16.2. The minimum absolute atomic E-state index is 0.0570. The van der Waals surface area contributed by atoms with Gasteiger partial charge in [0.05, 0.1) is 13.1 Å². The maximum atomic E-state index is 13.5. The van der Waals surface area contributed by atoms with Gasteiger partial charge in [0.25, 0.3) is 0 Å². The number of carbonyl (C=O) groups excluding carboxylic acids is 3. The Bertz CT molecular complexity index is 842. The highest BCUT2D eigenvalue weighted by Crippen LogP contribution is 2.33. The molecule has 180 valence electrons. The van der Waals surface area contributed by atoms with E-state index in [9.17, 15) is 14.4 Å². The molecule has 0 radical (unpaired) electrons. The molecule has 1 aromatic rings. The van der Waals surface area contributed by atoms with Crippen LogP contribution in [0.5, 0.6) is 0 Å². The zero-order chi connectivity index (χ0) is 23.4. The first-order valence-corrected chi connectivity index (χ1v) is 12.5. The third-order valence-electron chi connectivity index (χ3n) is 7.08. The lowest BCUT2D eigenvalue weighted by molar-refractivity contribution is -0.193. The monoisotopic (exact) mass is 455 g/mol. The normalized spacial score (nSPS) is 24.4. The fraction of sp³-hybridized carbons (Fsp3) is 0.640. The fourth-order valence-corrected chi connectivity index (χ4v) is 5.55. The first-order chi connectivity index (χ1) is 16.0. The molecule has 1 aromatic carbocycles. The molecular formula is C25H37N5O3. The van der Waals surface area contributed by atoms with Crippen LogP contribution in [0, 0.1) is 0 Å². The number of hydrogen-bond acceptors (Lipinski definition) is 4. The van der Waals surface area contributed by atoms with E-state index in [0.29, 0.717) is 26.1 Å². The van der Waals surface area contributed by atoms with Gasteiger partial charge in [-0.2, -0.15) is 0 Å². The van der Waals surface area contributed by atoms with Crippen molar-refractivity contribution in [1.82, 2.24) is 25.1 Å². The molecule has 2 atom stereocenters. The topological polar surface area (TPSA) is 76.2 Å². The SMILES string of the molecule is CCC[C@H]1C(=O)N(C2CCCC2)C[C@H]2N1C(=O)CN(CCC)N2C(=O)NCc1ccccc1. The van der Waals surface area contributed by atoms with Gasteiger partial charge >= 0.3 is 6.03 Å². The molecule has 3 fully saturated rings. The van der Waals surface area contributed by atoms with E-state index < -0.39 is 12.2 Å². The number of benzene rings is 1. The summed E-state index contributed by atoms with van der Waals surface area (Å²) in [6.07, 6.45) is 6.05. The van der Waals surface area contributed by atoms with Gasteiger partial charge in [0.2, 0.25) is 11.8 Å². The number of fused-ring (bicyclic) bond motifs is 1. The Morgan fingerprint density at radius 3 is 2.45 bits per heavy atom. The van der Waals surface area contributed by atoms with Crippen molar-refractivity contribution in [3.8, 4) is 0 Å². The molecule has 2 heterocycles. The lowest BCUT2D eigenvalue weighted by Gasteiger charge is -2.56. The van der Waals surface area contributed by atoms with Crippen LogP contribution in [0.25, 0.3) is 0 Å². The summed E-state index contributed by atoms with van der Waals surface area (Å²) in [5.74, 6) is 0.000339. The van der Waals surface area contributed by atoms with Crippen molar-refractivity contribution in [2.24, 2.45) is 0 Å². The second-order valence-corrected chi connectivity index (χ2v) is 9.39. The minimum atomic E-state index is -0.491. The Kier molecular flexibility index (Phi) is 7.53. The average Bonchev–Trinajstić information content (AvgIpc) is 3.35. The number of hydrazine groups is 1. The van der Waals surface area contributed by atoms with Crippen molar-refractivity contribution < 1.29 is 14.4 Å². The molecule has 8 nitrogen and oxygen atoms in total. The van der Waals surface area contributed by atoms with Crippen molar-refractivity contribution in [2.75, 3.05) is 19.6 Å². The van der Waals surface area contributed by atoms with Crippen molar-refractivity contribution in [3.05, 3.63) is 35.9 Å². The van der Waals surface area contributed by atoms with Gasteiger partial charge in [0.1, 0.15) is 12.2 Å². The summed E-state index contributed by atoms with van der Waals surface area (Å²) in [5.41, 5.74) is 1.02. The average molecular weight is 456 g/mol. The van der Waals surface area contributed by atoms with Crippen LogP contribution in [-0.2, 0) is 16.1 Å². The molecule has 1 N–H and O–H groups in total. The predicted octanol–water partition coefficient (Wildman–Crippen LogP) is 2.95. The number of rotatable bonds is 7. The van der Waals surface area contributed by atoms with Crippen molar-refractivity contribution in [2.45, 2.75) is 83.6 Å². The molecule has 3 aliphatic rings. The number of urea groups is 1. The molecular weight excluding hydrogens is 418 g/mol. The number of nitrogens with zero attached hydrogens (tertiary/aromatic N) is 4. The first kappa shape index (κ1) is 23.5. The second kappa shape index (κ2) is 10.5. The maximum absolute atomic E-state index is 13.5. The van der Waals surface area contributed by atoms with Gasteiger partial charge in [-0.05, 0) is 31.2 Å². The van der Waals surface area contributed by atoms with Crippen LogP contribution in [0.2, 0.25) is 0 Å². The third kappa shape index (κ3) is 4.86. The van der Waals surface area contributed by atoms with Crippen molar-refractivity contribution in [3.63, 3.8) is 0 Å². The molecule has 1 aliphatic carbocycles. The predicted molar refractivity (Wildman–Crippen MR) is 126 cm³/mol. The standard InChI is InChI=1S/C25H37N5O3/c1-3-10-21-24(32)28(20-13-8-9-14-20)17-22-29(21)23(31)18-27(15-4-2)30(22)25(33)26-16-19-11-6-5-7-12-19/h5-7,11-12,20-22H,3-4,8-10,13-18H2,1-2H3,(H,26,33)/t21-,22-/m0/s1. The smallest absolute Gasteiger partial charge is 0.334 e. The quantitative estimate of drug-likeness (QED) is 0.686. The fourth-order valence-electron chi connectivity index (χ4n) is 5.55. The van der Waals surface area contributed by atoms with Gasteiger partial charge < -0.3 is 15.1 Å². The van der Waals surface area contributed by atoms with Crippen molar-refractivity contribution >= 4 is 17.8 Å². The third-order valence-corrected chi connectivity index (χ3v) is 7.08. The summed E-state index contributed by atoms with van der Waals surface area (Å²) in [5, 5.41) is 6.65. The van der Waals surface area contributed by atoms with Gasteiger partial charge in [-0.25, -0.2) is 14.8 Å². The van der Waals surface area contributed by atoms with E-state index >= 15 is 0 Å². The molecule has 33 heavy (non-hydrogen) atoms. The maximum Gasteiger partial charge on any atom is 0.334 e. The van der Waals surface area contributed by atoms with Gasteiger partial charge in [0.15, 0.2) is 0 Å². The van der Waals surface area contributed by atoms with Crippen LogP contribution in [0.1, 0.15) is 64.4 Å². The largest absolute Gasteiger partial charge is 0.334 e. The summed E-state index contributed by atoms with van der Waals surface area (Å²) in [7, 11) is 0. The zero-order valence-corrected chi connectivity index (χ0v) is 19.9. The van der Waals surface area contributed by atoms with Crippen LogP contribution in [0.15, 0.2) is 30.3 Å². The summed E-state index contributed by atoms with van der Waals surface area (Å²) < 4.78 is 0. The van der Waals surface area contributed by atoms with Gasteiger partial charge in [-0.1, -0.05) is 63.4 Å². The Balaban J connectivity index is 1.62. The molecule has 2 saturated heterocycles. The second-order valence-electron chi connectivity index (χ2n) is 9.39. The van der Waals surface area contributed by atoms with Crippen LogP contribution in [0.3, 0.4) is 0 Å². The van der Waals surface area contributed by atoms with Crippen LogP contribution >= 0.6 is 0 Å². The summed E-state index contributed by atoms with van der Waals surface area (Å²) >= 11 is 0. The Hall–Kier alpha value is -2.61. The van der Waals surface area contributed by atoms with E-state index in [0.717, 1.165) is 44.1 Å². The highest BCUT2D eigenvalue weighted by molar-refractivity contribution is 5.91. The van der Waals surface area contributed by atoms with E-state index in [1.54, 1.807) is 9.91 Å². The number of amides is 4. The molecule has 4 amide bonds. The van der Waals surface area contributed by atoms with Gasteiger partial charge in [-0.15, -0.1) is 0 Å². The number of carbonyl (C=O) groups is 3. The van der Waals surface area contributed by atoms with E-state index in [1.807, 2.05) is 54.1 Å². The number of hydrogen-bond donors (Lipinski definition) is 1. The van der Waals surface area contributed by atoms with E-state index in [4.69, 9.17) is 0 Å². The number of nitrogens with one attached hydrogen (secondary N) is 1. The summed E-state index contributed by atoms with van der Waals surface area (Å²) in [4.78, 5) is 44.0. The molecule has 0 unspecified atom stereocenters. The van der Waals surface area contributed by atoms with Gasteiger partial charge in [0, 0.05) is 19.1 Å². The van der Waals surface area contributed by atoms with E-state index in [1.165, 1.54) is 0 Å². The Labute approximate surface area is 196 Å². The zero-order valence-electron chi connectivity index (χ0n) is 19.9. The molecule has 2 aliphatic heterocycles. The molecule has 0 aromatic heterocycles. The summed E-state index contributed by atoms with van der Waals surface area (Å²) in [6, 6.07) is 9.32. The van der Waals surface area contributed by atoms with Crippen LogP contribution in [-0.4, -0.2) is 75.5 Å². The molecule has 4 rings (SSSR count). The first-order valence-electron chi connectivity index (χ1n) is 12.5. The minimum Gasteiger partial charge on any atom is -0.334 e. The lowest BCUT2D eigenvalue weighted by atomic mass is 10.00. The molecule has 0 spiro atoms. The van der Waals surface area contributed by atoms with Crippen LogP contribution in [0.4, 0.5) is 4.79 Å². The molecule has 0 bridgehead atoms. The van der Waals surface area contributed by atoms with E-state index in [2.05, 4.69) is 5.32 Å². The van der Waals surface area contributed by atoms with Crippen molar-refractivity contribution in [1.29, 1.82) is 0 Å². The van der Waals surface area contributed by atoms with Gasteiger partial charge in [-0.3, -0.25) is 9.59 Å². The molecule has 8 heteroatoms. The highest BCUT2D eigenvalue weighted by Gasteiger charge is 2.52. The Morgan fingerprint density at radius 1 is 1.06 bits per heavy atom. The van der Waals surface area contributed by atoms with Crippen LogP contribution < -0.4 is 5.32 Å². The number of piperazine rings is 1. The summed E-state index contributed by atoms with van der Waals surface area (Å²) in [6.45, 7) is 5.63. The Morgan fingerprint density at radius 2 is 1.79 bits per heavy atom. The van der Waals surface area contributed by atoms with E-state index in [-0.39, 0.29) is 30.4 Å². The molecule has 1 saturated carbocycles. The lowest BCUT2D eigenvalue weighted by Crippen LogP contribution is -2.77.